The maximum atomic E-state index is 13.7. The van der Waals surface area contributed by atoms with Gasteiger partial charge in [-0.05, 0) is 5.92 Å². The highest BCUT2D eigenvalue weighted by atomic mass is 16.6. The van der Waals surface area contributed by atoms with Crippen LogP contribution < -0.4 is 0 Å². The molecule has 0 saturated carbocycles. The van der Waals surface area contributed by atoms with Gasteiger partial charge in [-0.1, -0.05) is 39.8 Å². The van der Waals surface area contributed by atoms with E-state index < -0.39 is 23.3 Å². The van der Waals surface area contributed by atoms with Crippen molar-refractivity contribution in [3.05, 3.63) is 36.9 Å². The number of hydrogen-bond acceptors (Lipinski definition) is 9. The molecule has 10 heteroatoms. The van der Waals surface area contributed by atoms with Crippen molar-refractivity contribution in [3.8, 4) is 0 Å². The Hall–Kier alpha value is -3.30. The quantitative estimate of drug-likeness (QED) is 0.463. The minimum absolute atomic E-state index is 0.0588. The summed E-state index contributed by atoms with van der Waals surface area (Å²) in [6.45, 7) is 15.9. The van der Waals surface area contributed by atoms with Crippen LogP contribution in [0.4, 0.5) is 4.79 Å². The largest absolute Gasteiger partial charge is 0.483 e. The summed E-state index contributed by atoms with van der Waals surface area (Å²) in [6.07, 6.45) is 2.23. The summed E-state index contributed by atoms with van der Waals surface area (Å²) in [6, 6.07) is -0.365. The number of hydrogen-bond donors (Lipinski definition) is 0. The molecular weight excluding hydrogens is 464 g/mol. The Morgan fingerprint density at radius 3 is 2.11 bits per heavy atom. The molecule has 3 aliphatic rings. The molecule has 0 bridgehead atoms. The van der Waals surface area contributed by atoms with Gasteiger partial charge in [-0.2, -0.15) is 0 Å². The monoisotopic (exact) mass is 502 g/mol. The van der Waals surface area contributed by atoms with E-state index in [9.17, 15) is 4.79 Å². The number of methoxy groups -OCH3 is 4. The van der Waals surface area contributed by atoms with Crippen LogP contribution in [-0.4, -0.2) is 80.3 Å². The number of amides is 1. The molecular formula is C26H38N4O6. The van der Waals surface area contributed by atoms with Gasteiger partial charge < -0.3 is 23.7 Å². The fourth-order valence-electron chi connectivity index (χ4n) is 5.23. The van der Waals surface area contributed by atoms with E-state index in [2.05, 4.69) is 13.2 Å². The van der Waals surface area contributed by atoms with Crippen LogP contribution >= 0.6 is 0 Å². The molecule has 4 atom stereocenters. The molecule has 3 heterocycles. The molecule has 0 aliphatic carbocycles. The zero-order chi connectivity index (χ0) is 26.8. The van der Waals surface area contributed by atoms with E-state index in [0.29, 0.717) is 17.5 Å². The Morgan fingerprint density at radius 1 is 1.00 bits per heavy atom. The molecule has 1 saturated heterocycles. The molecule has 0 N–H and O–H groups in total. The maximum absolute atomic E-state index is 13.7. The number of cyclic esters (lactones) is 1. The number of allylic oxidation sites excluding steroid dienone is 1. The fourth-order valence-corrected chi connectivity index (χ4v) is 5.23. The van der Waals surface area contributed by atoms with Crippen LogP contribution in [0.1, 0.15) is 40.5 Å². The topological polar surface area (TPSA) is 104 Å². The number of carbonyl (C=O) groups excluding carboxylic acids is 1. The van der Waals surface area contributed by atoms with Crippen LogP contribution in [0, 0.1) is 11.8 Å². The molecule has 1 fully saturated rings. The highest BCUT2D eigenvalue weighted by molar-refractivity contribution is 6.02. The van der Waals surface area contributed by atoms with Crippen LogP contribution in [-0.2, 0) is 23.7 Å². The van der Waals surface area contributed by atoms with Crippen molar-refractivity contribution >= 4 is 23.8 Å². The standard InChI is InChI=1S/C26H38N4O6/c1-11-13-25(22(34-9)27-17(15(3)4)19(29-25)32-7)21-26(14-12-2)23(35-10)28-18(16(5)6)20(33-8)30(26)24(31)36-21/h11-12,15-17,21H,1-2,13-14H2,3-10H3/t17-,21-,25+,26+/m1/s1. The van der Waals surface area contributed by atoms with Gasteiger partial charge in [0.05, 0.1) is 28.4 Å². The summed E-state index contributed by atoms with van der Waals surface area (Å²) in [4.78, 5) is 29.9. The van der Waals surface area contributed by atoms with E-state index in [-0.39, 0.29) is 42.5 Å². The first-order valence-electron chi connectivity index (χ1n) is 12.0. The zero-order valence-electron chi connectivity index (χ0n) is 22.5. The third-order valence-corrected chi connectivity index (χ3v) is 6.75. The van der Waals surface area contributed by atoms with Gasteiger partial charge in [0.2, 0.25) is 23.6 Å². The summed E-state index contributed by atoms with van der Waals surface area (Å²) in [5.41, 5.74) is -2.03. The summed E-state index contributed by atoms with van der Waals surface area (Å²) in [5.74, 6) is 1.31. The highest BCUT2D eigenvalue weighted by Crippen LogP contribution is 2.50. The Kier molecular flexibility index (Phi) is 7.85. The first-order valence-corrected chi connectivity index (χ1v) is 12.0. The van der Waals surface area contributed by atoms with Gasteiger partial charge in [-0.15, -0.1) is 13.2 Å². The molecule has 1 amide bonds. The highest BCUT2D eigenvalue weighted by Gasteiger charge is 2.71. The second-order valence-electron chi connectivity index (χ2n) is 9.59. The molecule has 0 aromatic carbocycles. The third kappa shape index (κ3) is 3.87. The van der Waals surface area contributed by atoms with Crippen molar-refractivity contribution < 1.29 is 28.5 Å². The van der Waals surface area contributed by atoms with Crippen LogP contribution in [0.5, 0.6) is 0 Å². The van der Waals surface area contributed by atoms with Crippen LogP contribution in [0.25, 0.3) is 0 Å². The zero-order valence-corrected chi connectivity index (χ0v) is 22.5. The summed E-state index contributed by atoms with van der Waals surface area (Å²) in [5, 5.41) is 0. The second-order valence-corrected chi connectivity index (χ2v) is 9.59. The van der Waals surface area contributed by atoms with Crippen LogP contribution in [0.2, 0.25) is 0 Å². The average molecular weight is 503 g/mol. The summed E-state index contributed by atoms with van der Waals surface area (Å²) in [7, 11) is 6.10. The number of fused-ring (bicyclic) bond motifs is 1. The lowest BCUT2D eigenvalue weighted by molar-refractivity contribution is 0.0589. The lowest BCUT2D eigenvalue weighted by Gasteiger charge is -2.47. The Morgan fingerprint density at radius 2 is 1.64 bits per heavy atom. The number of nitrogens with zero attached hydrogens (tertiary/aromatic N) is 4. The summed E-state index contributed by atoms with van der Waals surface area (Å²) >= 11 is 0. The molecule has 3 aliphatic heterocycles. The number of aliphatic imine (C=N–C) groups is 3. The molecule has 0 unspecified atom stereocenters. The number of rotatable bonds is 8. The van der Waals surface area contributed by atoms with E-state index in [1.165, 1.54) is 26.2 Å². The SMILES string of the molecule is C=CC[C@@]1([C@H]2OC(=O)N3C(OC)=C(C(C)C)N=C(OC)[C@]23CC=C)N=C(OC)[C@@H](C(C)C)N=C1OC. The summed E-state index contributed by atoms with van der Waals surface area (Å²) < 4.78 is 29.3. The Labute approximate surface area is 213 Å². The van der Waals surface area contributed by atoms with Crippen molar-refractivity contribution in [2.24, 2.45) is 26.8 Å². The Balaban J connectivity index is 2.39. The molecule has 0 radical (unpaired) electrons. The van der Waals surface area contributed by atoms with Crippen molar-refractivity contribution in [3.63, 3.8) is 0 Å². The minimum atomic E-state index is -1.31. The lowest BCUT2D eigenvalue weighted by Crippen LogP contribution is -2.67. The van der Waals surface area contributed by atoms with Crippen molar-refractivity contribution in [2.75, 3.05) is 28.4 Å². The van der Waals surface area contributed by atoms with E-state index in [1.54, 1.807) is 19.3 Å². The number of carbonyl (C=O) groups is 1. The van der Waals surface area contributed by atoms with Crippen molar-refractivity contribution in [2.45, 2.75) is 63.8 Å². The molecule has 0 aromatic heterocycles. The lowest BCUT2D eigenvalue weighted by atomic mass is 9.73. The molecule has 10 nitrogen and oxygen atoms in total. The van der Waals surface area contributed by atoms with Crippen LogP contribution in [0.15, 0.2) is 51.9 Å². The van der Waals surface area contributed by atoms with Crippen molar-refractivity contribution in [1.29, 1.82) is 0 Å². The predicted molar refractivity (Wildman–Crippen MR) is 138 cm³/mol. The van der Waals surface area contributed by atoms with Gasteiger partial charge in [0.15, 0.2) is 17.2 Å². The Bertz CT molecular complexity index is 1030. The molecule has 0 spiro atoms. The maximum Gasteiger partial charge on any atom is 0.418 e. The second kappa shape index (κ2) is 10.4. The van der Waals surface area contributed by atoms with E-state index in [4.69, 9.17) is 38.7 Å². The fraction of sp³-hybridized carbons (Fsp3) is 0.615. The van der Waals surface area contributed by atoms with Gasteiger partial charge >= 0.3 is 6.09 Å². The van der Waals surface area contributed by atoms with Gasteiger partial charge in [-0.3, -0.25) is 0 Å². The van der Waals surface area contributed by atoms with Gasteiger partial charge in [0, 0.05) is 18.8 Å². The first kappa shape index (κ1) is 27.3. The van der Waals surface area contributed by atoms with E-state index in [0.717, 1.165) is 0 Å². The smallest absolute Gasteiger partial charge is 0.418 e. The average Bonchev–Trinajstić information content (AvgIpc) is 3.15. The molecule has 0 aromatic rings. The van der Waals surface area contributed by atoms with E-state index >= 15 is 0 Å². The minimum Gasteiger partial charge on any atom is -0.483 e. The molecule has 36 heavy (non-hydrogen) atoms. The number of ether oxygens (including phenoxy) is 5. The molecule has 198 valence electrons. The third-order valence-electron chi connectivity index (χ3n) is 6.75. The van der Waals surface area contributed by atoms with Crippen LogP contribution in [0.3, 0.4) is 0 Å². The van der Waals surface area contributed by atoms with Gasteiger partial charge in [-0.25, -0.2) is 24.7 Å². The normalized spacial score (nSPS) is 29.8. The van der Waals surface area contributed by atoms with Gasteiger partial charge in [0.25, 0.3) is 0 Å². The molecule has 3 rings (SSSR count). The first-order chi connectivity index (χ1) is 17.1. The van der Waals surface area contributed by atoms with E-state index in [1.807, 2.05) is 27.7 Å². The van der Waals surface area contributed by atoms with Gasteiger partial charge in [0.1, 0.15) is 11.7 Å². The predicted octanol–water partition coefficient (Wildman–Crippen LogP) is 4.10. The van der Waals surface area contributed by atoms with Crippen molar-refractivity contribution in [1.82, 2.24) is 4.90 Å².